The standard InChI is InChI=1S/C16H18BrN3O3.ClH/c1-2-19-9-11(16(22)23)15(21)10-7-12(17)14(8-13(10)19)20-5-3-18-4-6-20;/h7-9,18H,2-6H2,1H3,(H,22,23);1H. The van der Waals surface area contributed by atoms with Gasteiger partial charge in [0.15, 0.2) is 0 Å². The Kier molecular flexibility index (Phi) is 5.90. The zero-order valence-electron chi connectivity index (χ0n) is 13.2. The molecule has 6 nitrogen and oxygen atoms in total. The Morgan fingerprint density at radius 1 is 1.33 bits per heavy atom. The van der Waals surface area contributed by atoms with E-state index in [0.717, 1.165) is 41.9 Å². The number of hydrogen-bond donors (Lipinski definition) is 2. The van der Waals surface area contributed by atoms with E-state index in [-0.39, 0.29) is 18.0 Å². The maximum atomic E-state index is 12.4. The quantitative estimate of drug-likeness (QED) is 0.803. The minimum Gasteiger partial charge on any atom is -0.477 e. The number of halogens is 2. The first-order chi connectivity index (χ1) is 11.0. The molecule has 2 heterocycles. The molecule has 0 saturated carbocycles. The van der Waals surface area contributed by atoms with Gasteiger partial charge in [-0.2, -0.15) is 0 Å². The monoisotopic (exact) mass is 415 g/mol. The number of rotatable bonds is 3. The highest BCUT2D eigenvalue weighted by atomic mass is 79.9. The summed E-state index contributed by atoms with van der Waals surface area (Å²) < 4.78 is 2.63. The Morgan fingerprint density at radius 3 is 2.58 bits per heavy atom. The molecule has 2 N–H and O–H groups in total. The second kappa shape index (κ2) is 7.55. The summed E-state index contributed by atoms with van der Waals surface area (Å²) in [6, 6.07) is 3.72. The summed E-state index contributed by atoms with van der Waals surface area (Å²) in [7, 11) is 0. The highest BCUT2D eigenvalue weighted by molar-refractivity contribution is 9.10. The van der Waals surface area contributed by atoms with Gasteiger partial charge in [0.05, 0.1) is 11.2 Å². The van der Waals surface area contributed by atoms with Crippen LogP contribution in [-0.4, -0.2) is 41.8 Å². The molecule has 130 valence electrons. The number of aromatic carboxylic acids is 1. The third-order valence-electron chi connectivity index (χ3n) is 4.18. The van der Waals surface area contributed by atoms with Gasteiger partial charge < -0.3 is 19.9 Å². The number of pyridine rings is 1. The number of aromatic nitrogens is 1. The van der Waals surface area contributed by atoms with Crippen LogP contribution in [0.5, 0.6) is 0 Å². The lowest BCUT2D eigenvalue weighted by atomic mass is 10.1. The number of nitrogens with one attached hydrogen (secondary N) is 1. The summed E-state index contributed by atoms with van der Waals surface area (Å²) >= 11 is 3.54. The second-order valence-corrected chi connectivity index (χ2v) is 6.38. The molecule has 1 fully saturated rings. The van der Waals surface area contributed by atoms with Crippen molar-refractivity contribution in [3.63, 3.8) is 0 Å². The number of carboxylic acid groups (broad SMARTS) is 1. The SMILES string of the molecule is CCn1cc(C(=O)O)c(=O)c2cc(Br)c(N3CCNCC3)cc21.Cl. The van der Waals surface area contributed by atoms with Crippen molar-refractivity contribution in [2.75, 3.05) is 31.1 Å². The van der Waals surface area contributed by atoms with Gasteiger partial charge in [0.1, 0.15) is 5.56 Å². The fraction of sp³-hybridized carbons (Fsp3) is 0.375. The van der Waals surface area contributed by atoms with Crippen LogP contribution in [0.2, 0.25) is 0 Å². The maximum absolute atomic E-state index is 12.4. The lowest BCUT2D eigenvalue weighted by Crippen LogP contribution is -2.43. The molecule has 0 atom stereocenters. The number of nitrogens with zero attached hydrogens (tertiary/aromatic N) is 2. The molecular weight excluding hydrogens is 398 g/mol. The molecule has 1 aromatic carbocycles. The maximum Gasteiger partial charge on any atom is 0.341 e. The molecule has 1 saturated heterocycles. The van der Waals surface area contributed by atoms with Gasteiger partial charge in [-0.15, -0.1) is 12.4 Å². The Hall–Kier alpha value is -1.57. The summed E-state index contributed by atoms with van der Waals surface area (Å²) in [5.74, 6) is -1.19. The fourth-order valence-corrected chi connectivity index (χ4v) is 3.56. The Labute approximate surface area is 154 Å². The third kappa shape index (κ3) is 3.29. The van der Waals surface area contributed by atoms with Crippen molar-refractivity contribution in [2.45, 2.75) is 13.5 Å². The highest BCUT2D eigenvalue weighted by Gasteiger charge is 2.19. The average Bonchev–Trinajstić information content (AvgIpc) is 2.55. The van der Waals surface area contributed by atoms with E-state index in [2.05, 4.69) is 26.1 Å². The van der Waals surface area contributed by atoms with Crippen LogP contribution in [-0.2, 0) is 6.54 Å². The second-order valence-electron chi connectivity index (χ2n) is 5.52. The van der Waals surface area contributed by atoms with Crippen LogP contribution in [0.4, 0.5) is 5.69 Å². The number of carbonyl (C=O) groups is 1. The van der Waals surface area contributed by atoms with Crippen molar-refractivity contribution < 1.29 is 9.90 Å². The zero-order chi connectivity index (χ0) is 16.6. The zero-order valence-corrected chi connectivity index (χ0v) is 15.6. The highest BCUT2D eigenvalue weighted by Crippen LogP contribution is 2.31. The molecule has 0 spiro atoms. The summed E-state index contributed by atoms with van der Waals surface area (Å²) in [5, 5.41) is 13.0. The number of anilines is 1. The predicted octanol–water partition coefficient (Wildman–Crippen LogP) is 2.31. The number of piperazine rings is 1. The largest absolute Gasteiger partial charge is 0.477 e. The molecule has 0 bridgehead atoms. The van der Waals surface area contributed by atoms with E-state index < -0.39 is 11.4 Å². The number of fused-ring (bicyclic) bond motifs is 1. The summed E-state index contributed by atoms with van der Waals surface area (Å²) in [6.07, 6.45) is 1.43. The van der Waals surface area contributed by atoms with Crippen LogP contribution in [0.15, 0.2) is 27.6 Å². The molecule has 0 unspecified atom stereocenters. The van der Waals surface area contributed by atoms with E-state index in [9.17, 15) is 14.7 Å². The molecule has 1 aliphatic rings. The van der Waals surface area contributed by atoms with Crippen molar-refractivity contribution >= 4 is 50.9 Å². The van der Waals surface area contributed by atoms with Crippen LogP contribution in [0, 0.1) is 0 Å². The van der Waals surface area contributed by atoms with E-state index in [1.54, 1.807) is 6.07 Å². The van der Waals surface area contributed by atoms with Crippen molar-refractivity contribution in [2.24, 2.45) is 0 Å². The first kappa shape index (κ1) is 18.8. The average molecular weight is 417 g/mol. The molecule has 0 amide bonds. The van der Waals surface area contributed by atoms with Crippen LogP contribution in [0.25, 0.3) is 10.9 Å². The Bertz CT molecular complexity index is 831. The van der Waals surface area contributed by atoms with E-state index in [4.69, 9.17) is 0 Å². The summed E-state index contributed by atoms with van der Waals surface area (Å²) in [6.45, 7) is 6.16. The van der Waals surface area contributed by atoms with E-state index in [1.165, 1.54) is 6.20 Å². The predicted molar refractivity (Wildman–Crippen MR) is 101 cm³/mol. The molecule has 1 aliphatic heterocycles. The van der Waals surface area contributed by atoms with E-state index in [0.29, 0.717) is 11.9 Å². The number of hydrogen-bond acceptors (Lipinski definition) is 4. The van der Waals surface area contributed by atoms with Crippen molar-refractivity contribution in [1.29, 1.82) is 0 Å². The van der Waals surface area contributed by atoms with Gasteiger partial charge in [0, 0.05) is 48.8 Å². The van der Waals surface area contributed by atoms with Gasteiger partial charge in [-0.25, -0.2) is 4.79 Å². The van der Waals surface area contributed by atoms with Gasteiger partial charge in [0.25, 0.3) is 0 Å². The van der Waals surface area contributed by atoms with Crippen molar-refractivity contribution in [3.05, 3.63) is 38.6 Å². The van der Waals surface area contributed by atoms with Gasteiger partial charge in [-0.1, -0.05) is 0 Å². The molecular formula is C16H19BrClN3O3. The van der Waals surface area contributed by atoms with E-state index >= 15 is 0 Å². The van der Waals surface area contributed by atoms with Gasteiger partial charge in [0.2, 0.25) is 5.43 Å². The smallest absolute Gasteiger partial charge is 0.341 e. The van der Waals surface area contributed by atoms with Crippen molar-refractivity contribution in [3.8, 4) is 0 Å². The number of aryl methyl sites for hydroxylation is 1. The first-order valence-electron chi connectivity index (χ1n) is 7.58. The molecule has 0 aliphatic carbocycles. The number of carboxylic acids is 1. The summed E-state index contributed by atoms with van der Waals surface area (Å²) in [4.78, 5) is 26.0. The van der Waals surface area contributed by atoms with Crippen LogP contribution in [0.3, 0.4) is 0 Å². The molecule has 2 aromatic rings. The summed E-state index contributed by atoms with van der Waals surface area (Å²) in [5.41, 5.74) is 1.16. The van der Waals surface area contributed by atoms with Crippen LogP contribution < -0.4 is 15.6 Å². The molecule has 24 heavy (non-hydrogen) atoms. The number of benzene rings is 1. The van der Waals surface area contributed by atoms with Gasteiger partial charge in [-0.05, 0) is 35.0 Å². The Morgan fingerprint density at radius 2 is 2.00 bits per heavy atom. The molecule has 0 radical (unpaired) electrons. The van der Waals surface area contributed by atoms with Crippen LogP contribution >= 0.6 is 28.3 Å². The topological polar surface area (TPSA) is 74.6 Å². The lowest BCUT2D eigenvalue weighted by Gasteiger charge is -2.30. The minimum absolute atomic E-state index is 0. The minimum atomic E-state index is -1.19. The Balaban J connectivity index is 0.00000208. The fourth-order valence-electron chi connectivity index (χ4n) is 2.96. The lowest BCUT2D eigenvalue weighted by molar-refractivity contribution is 0.0695. The third-order valence-corrected chi connectivity index (χ3v) is 4.81. The molecule has 3 rings (SSSR count). The van der Waals surface area contributed by atoms with E-state index in [1.807, 2.05) is 17.6 Å². The molecule has 1 aromatic heterocycles. The van der Waals surface area contributed by atoms with Gasteiger partial charge >= 0.3 is 5.97 Å². The molecule has 8 heteroatoms. The van der Waals surface area contributed by atoms with Crippen LogP contribution in [0.1, 0.15) is 17.3 Å². The normalized spacial score (nSPS) is 14.5. The van der Waals surface area contributed by atoms with Gasteiger partial charge in [-0.3, -0.25) is 4.79 Å². The van der Waals surface area contributed by atoms with Crippen molar-refractivity contribution in [1.82, 2.24) is 9.88 Å². The first-order valence-corrected chi connectivity index (χ1v) is 8.38.